The minimum absolute atomic E-state index is 0.164. The number of hydrogen-bond acceptors (Lipinski definition) is 6. The van der Waals surface area contributed by atoms with Gasteiger partial charge < -0.3 is 9.05 Å². The molecule has 0 aromatic heterocycles. The van der Waals surface area contributed by atoms with E-state index in [1.54, 1.807) is 0 Å². The van der Waals surface area contributed by atoms with Crippen molar-refractivity contribution in [3.8, 4) is 0 Å². The van der Waals surface area contributed by atoms with Crippen LogP contribution in [0.15, 0.2) is 0 Å². The topological polar surface area (TPSA) is 78.9 Å². The van der Waals surface area contributed by atoms with Gasteiger partial charge >= 0.3 is 7.60 Å². The summed E-state index contributed by atoms with van der Waals surface area (Å²) in [6.45, 7) is 18.4. The Kier molecular flexibility index (Phi) is 8.85. The second kappa shape index (κ2) is 8.60. The third kappa shape index (κ3) is 13.9. The standard InChI is InChI=1S/C13H35O6PSSi3/c1-22(2,3)10-17-20(14,18-11-23(4,5)6)13-21(15,16)19-12-24(7,8)9/h10-13H2,1-9H3. The molecule has 0 aliphatic rings. The molecule has 0 fully saturated rings. The zero-order valence-electron chi connectivity index (χ0n) is 16.6. The third-order valence-electron chi connectivity index (χ3n) is 2.38. The molecular formula is C13H35O6PSSi3. The van der Waals surface area contributed by atoms with Gasteiger partial charge in [0.05, 0.1) is 30.5 Å². The maximum atomic E-state index is 13.0. The molecule has 0 aromatic rings. The average Bonchev–Trinajstić information content (AvgIpc) is 2.29. The van der Waals surface area contributed by atoms with Crippen LogP contribution in [-0.4, -0.2) is 56.8 Å². The van der Waals surface area contributed by atoms with Gasteiger partial charge in [0, 0.05) is 12.5 Å². The first-order chi connectivity index (χ1) is 10.3. The van der Waals surface area contributed by atoms with Crippen LogP contribution >= 0.6 is 7.60 Å². The molecule has 0 aliphatic heterocycles. The van der Waals surface area contributed by atoms with E-state index in [1.807, 2.05) is 19.6 Å². The summed E-state index contributed by atoms with van der Waals surface area (Å²) in [6, 6.07) is 0. The monoisotopic (exact) mass is 434 g/mol. The molecule has 0 aliphatic carbocycles. The van der Waals surface area contributed by atoms with Crippen molar-refractivity contribution in [3.05, 3.63) is 0 Å². The maximum absolute atomic E-state index is 13.0. The van der Waals surface area contributed by atoms with Crippen LogP contribution in [0.4, 0.5) is 0 Å². The lowest BCUT2D eigenvalue weighted by molar-refractivity contribution is 0.250. The normalized spacial score (nSPS) is 14.9. The molecule has 0 saturated heterocycles. The lowest BCUT2D eigenvalue weighted by Crippen LogP contribution is -2.33. The van der Waals surface area contributed by atoms with Gasteiger partial charge in [-0.3, -0.25) is 8.75 Å². The molecular weight excluding hydrogens is 399 g/mol. The molecule has 146 valence electrons. The van der Waals surface area contributed by atoms with Crippen LogP contribution in [0.3, 0.4) is 0 Å². The van der Waals surface area contributed by atoms with Gasteiger partial charge in [0.25, 0.3) is 10.1 Å². The van der Waals surface area contributed by atoms with Crippen molar-refractivity contribution in [3.63, 3.8) is 0 Å². The van der Waals surface area contributed by atoms with Gasteiger partial charge in [0.15, 0.2) is 5.49 Å². The molecule has 0 aromatic carbocycles. The summed E-state index contributed by atoms with van der Waals surface area (Å²) in [5, 5.41) is 0. The summed E-state index contributed by atoms with van der Waals surface area (Å²) in [5.74, 6) is 0. The zero-order valence-corrected chi connectivity index (χ0v) is 21.3. The van der Waals surface area contributed by atoms with E-state index in [9.17, 15) is 13.0 Å². The van der Waals surface area contributed by atoms with E-state index in [-0.39, 0.29) is 6.23 Å². The van der Waals surface area contributed by atoms with Gasteiger partial charge in [0.1, 0.15) is 0 Å². The molecule has 0 unspecified atom stereocenters. The van der Waals surface area contributed by atoms with Gasteiger partial charge in [-0.15, -0.1) is 0 Å². The molecule has 0 heterocycles. The first-order valence-corrected chi connectivity index (χ1v) is 22.5. The molecule has 0 spiro atoms. The highest BCUT2D eigenvalue weighted by Crippen LogP contribution is 2.50. The fourth-order valence-electron chi connectivity index (χ4n) is 1.19. The molecule has 6 nitrogen and oxygen atoms in total. The zero-order chi connectivity index (χ0) is 19.4. The van der Waals surface area contributed by atoms with Crippen molar-refractivity contribution in [2.45, 2.75) is 58.9 Å². The number of hydrogen-bond donors (Lipinski definition) is 0. The molecule has 0 radical (unpaired) electrons. The smallest absolute Gasteiger partial charge is 0.311 e. The van der Waals surface area contributed by atoms with Crippen LogP contribution in [0.1, 0.15) is 0 Å². The Bertz CT molecular complexity index is 524. The largest absolute Gasteiger partial charge is 0.347 e. The fourth-order valence-corrected chi connectivity index (χ4v) is 10.5. The molecule has 24 heavy (non-hydrogen) atoms. The quantitative estimate of drug-likeness (QED) is 0.276. The lowest BCUT2D eigenvalue weighted by atomic mass is 11.7. The van der Waals surface area contributed by atoms with E-state index < -0.39 is 47.4 Å². The van der Waals surface area contributed by atoms with Crippen molar-refractivity contribution >= 4 is 41.9 Å². The first-order valence-electron chi connectivity index (χ1n) is 8.08. The average molecular weight is 435 g/mol. The second-order valence-corrected chi connectivity index (χ2v) is 30.1. The number of rotatable bonds is 11. The lowest BCUT2D eigenvalue weighted by Gasteiger charge is -2.26. The van der Waals surface area contributed by atoms with Crippen LogP contribution in [0.25, 0.3) is 0 Å². The summed E-state index contributed by atoms with van der Waals surface area (Å²) in [6.07, 6.45) is 0.746. The van der Waals surface area contributed by atoms with Crippen LogP contribution in [0.5, 0.6) is 0 Å². The van der Waals surface area contributed by atoms with Crippen LogP contribution < -0.4 is 0 Å². The molecule has 0 bridgehead atoms. The maximum Gasteiger partial charge on any atom is 0.347 e. The van der Waals surface area contributed by atoms with E-state index in [0.29, 0.717) is 12.5 Å². The summed E-state index contributed by atoms with van der Waals surface area (Å²) in [7, 11) is -12.7. The van der Waals surface area contributed by atoms with E-state index in [4.69, 9.17) is 13.2 Å². The molecule has 0 amide bonds. The Morgan fingerprint density at radius 2 is 1.04 bits per heavy atom. The van der Waals surface area contributed by atoms with Crippen molar-refractivity contribution < 1.29 is 26.2 Å². The minimum Gasteiger partial charge on any atom is -0.311 e. The highest BCUT2D eigenvalue weighted by Gasteiger charge is 2.36. The minimum atomic E-state index is -3.96. The fraction of sp³-hybridized carbons (Fsp3) is 1.00. The van der Waals surface area contributed by atoms with Crippen molar-refractivity contribution in [1.29, 1.82) is 0 Å². The van der Waals surface area contributed by atoms with Crippen LogP contribution in [0, 0.1) is 0 Å². The van der Waals surface area contributed by atoms with E-state index in [2.05, 4.69) is 39.3 Å². The van der Waals surface area contributed by atoms with Crippen molar-refractivity contribution in [2.24, 2.45) is 0 Å². The summed E-state index contributed by atoms with van der Waals surface area (Å²) in [5.41, 5.74) is -0.709. The summed E-state index contributed by atoms with van der Waals surface area (Å²) >= 11 is 0. The Hall–Kier alpha value is 0.711. The van der Waals surface area contributed by atoms with E-state index in [0.717, 1.165) is 0 Å². The van der Waals surface area contributed by atoms with Gasteiger partial charge in [-0.1, -0.05) is 58.9 Å². The van der Waals surface area contributed by atoms with Gasteiger partial charge in [-0.25, -0.2) is 0 Å². The second-order valence-electron chi connectivity index (χ2n) is 9.79. The van der Waals surface area contributed by atoms with Crippen LogP contribution in [-0.2, 0) is 27.9 Å². The molecule has 0 atom stereocenters. The molecule has 0 rings (SSSR count). The van der Waals surface area contributed by atoms with Gasteiger partial charge in [-0.2, -0.15) is 8.42 Å². The van der Waals surface area contributed by atoms with Crippen molar-refractivity contribution in [2.75, 3.05) is 24.2 Å². The summed E-state index contributed by atoms with van der Waals surface area (Å²) < 4.78 is 53.6. The van der Waals surface area contributed by atoms with Crippen LogP contribution in [0.2, 0.25) is 58.9 Å². The van der Waals surface area contributed by atoms with Gasteiger partial charge in [0.2, 0.25) is 0 Å². The van der Waals surface area contributed by atoms with E-state index >= 15 is 0 Å². The Labute approximate surface area is 151 Å². The predicted molar refractivity (Wildman–Crippen MR) is 109 cm³/mol. The molecule has 0 saturated carbocycles. The predicted octanol–water partition coefficient (Wildman–Crippen LogP) is 4.15. The highest BCUT2D eigenvalue weighted by molar-refractivity contribution is 7.93. The van der Waals surface area contributed by atoms with Gasteiger partial charge in [-0.05, 0) is 0 Å². The molecule has 11 heteroatoms. The Morgan fingerprint density at radius 1 is 0.708 bits per heavy atom. The Morgan fingerprint density at radius 3 is 1.33 bits per heavy atom. The summed E-state index contributed by atoms with van der Waals surface area (Å²) in [4.78, 5) is 0. The Balaban J connectivity index is 5.14. The SMILES string of the molecule is C[Si](C)(C)COP(=O)(CS(=O)(=O)OC[Si](C)(C)C)OC[Si](C)(C)C. The van der Waals surface area contributed by atoms with Crippen molar-refractivity contribution in [1.82, 2.24) is 0 Å². The van der Waals surface area contributed by atoms with E-state index in [1.165, 1.54) is 0 Å². The highest BCUT2D eigenvalue weighted by atomic mass is 32.2. The molecule has 0 N–H and O–H groups in total. The third-order valence-corrected chi connectivity index (χ3v) is 10.2. The first kappa shape index (κ1) is 24.7.